The molecule has 170 valence electrons. The normalized spacial score (nSPS) is 21.1. The minimum atomic E-state index is -0.0788. The van der Waals surface area contributed by atoms with Crippen LogP contribution in [0.3, 0.4) is 0 Å². The number of nitrogens with one attached hydrogen (secondary N) is 2. The minimum absolute atomic E-state index is 0. The summed E-state index contributed by atoms with van der Waals surface area (Å²) in [6.07, 6.45) is 4.06. The molecule has 0 bridgehead atoms. The zero-order valence-electron chi connectivity index (χ0n) is 17.8. The second kappa shape index (κ2) is 13.7. The Morgan fingerprint density at radius 1 is 1.20 bits per heavy atom. The fourth-order valence-corrected chi connectivity index (χ4v) is 4.25. The molecular formula is C22H35ClIN3O3. The van der Waals surface area contributed by atoms with E-state index in [0.717, 1.165) is 82.8 Å². The third-order valence-electron chi connectivity index (χ3n) is 5.63. The molecule has 1 atom stereocenters. The van der Waals surface area contributed by atoms with Gasteiger partial charge >= 0.3 is 0 Å². The summed E-state index contributed by atoms with van der Waals surface area (Å²) < 4.78 is 16.8. The molecule has 0 spiro atoms. The highest BCUT2D eigenvalue weighted by molar-refractivity contribution is 14.0. The van der Waals surface area contributed by atoms with Gasteiger partial charge in [-0.15, -0.1) is 24.0 Å². The van der Waals surface area contributed by atoms with Gasteiger partial charge < -0.3 is 24.8 Å². The molecule has 1 aromatic carbocycles. The summed E-state index contributed by atoms with van der Waals surface area (Å²) >= 11 is 6.55. The monoisotopic (exact) mass is 551 g/mol. The predicted octanol–water partition coefficient (Wildman–Crippen LogP) is 3.76. The molecule has 2 fully saturated rings. The number of ether oxygens (including phenoxy) is 3. The topological polar surface area (TPSA) is 64.1 Å². The zero-order chi connectivity index (χ0) is 20.4. The first-order valence-corrected chi connectivity index (χ1v) is 11.2. The summed E-state index contributed by atoms with van der Waals surface area (Å²) in [7, 11) is 0. The van der Waals surface area contributed by atoms with Gasteiger partial charge in [-0.05, 0) is 44.2 Å². The molecule has 0 radical (unpaired) electrons. The van der Waals surface area contributed by atoms with Crippen molar-refractivity contribution in [3.05, 3.63) is 34.9 Å². The molecule has 2 saturated heterocycles. The molecule has 0 saturated carbocycles. The van der Waals surface area contributed by atoms with E-state index >= 15 is 0 Å². The molecule has 2 N–H and O–H groups in total. The van der Waals surface area contributed by atoms with Gasteiger partial charge in [0.1, 0.15) is 0 Å². The maximum atomic E-state index is 6.55. The van der Waals surface area contributed by atoms with Gasteiger partial charge in [-0.25, -0.2) is 0 Å². The van der Waals surface area contributed by atoms with E-state index in [4.69, 9.17) is 30.8 Å². The largest absolute Gasteiger partial charge is 0.381 e. The molecule has 6 nitrogen and oxygen atoms in total. The molecular weight excluding hydrogens is 517 g/mol. The number of halogens is 2. The minimum Gasteiger partial charge on any atom is -0.381 e. The van der Waals surface area contributed by atoms with Crippen LogP contribution in [0.25, 0.3) is 0 Å². The number of rotatable bonds is 9. The van der Waals surface area contributed by atoms with Gasteiger partial charge in [0.25, 0.3) is 0 Å². The van der Waals surface area contributed by atoms with Crippen molar-refractivity contribution in [3.8, 4) is 0 Å². The average molecular weight is 552 g/mol. The first kappa shape index (κ1) is 25.6. The van der Waals surface area contributed by atoms with Gasteiger partial charge in [-0.3, -0.25) is 4.99 Å². The van der Waals surface area contributed by atoms with Gasteiger partial charge in [0.15, 0.2) is 5.96 Å². The van der Waals surface area contributed by atoms with Crippen LogP contribution in [0.1, 0.15) is 38.2 Å². The van der Waals surface area contributed by atoms with Crippen molar-refractivity contribution in [1.29, 1.82) is 0 Å². The Hall–Kier alpha value is -0.610. The van der Waals surface area contributed by atoms with Crippen molar-refractivity contribution in [2.75, 3.05) is 52.7 Å². The van der Waals surface area contributed by atoms with Gasteiger partial charge in [-0.2, -0.15) is 0 Å². The van der Waals surface area contributed by atoms with Gasteiger partial charge in [-0.1, -0.05) is 29.8 Å². The molecule has 0 aliphatic carbocycles. The Morgan fingerprint density at radius 3 is 2.70 bits per heavy atom. The van der Waals surface area contributed by atoms with Crippen molar-refractivity contribution in [2.45, 2.75) is 44.1 Å². The van der Waals surface area contributed by atoms with Crippen LogP contribution in [0.5, 0.6) is 0 Å². The van der Waals surface area contributed by atoms with Crippen LogP contribution in [0.4, 0.5) is 0 Å². The third-order valence-corrected chi connectivity index (χ3v) is 5.96. The van der Waals surface area contributed by atoms with Crippen LogP contribution in [0, 0.1) is 0 Å². The molecule has 1 aromatic rings. The molecule has 0 amide bonds. The van der Waals surface area contributed by atoms with Crippen LogP contribution in [-0.2, 0) is 19.6 Å². The van der Waals surface area contributed by atoms with Crippen molar-refractivity contribution < 1.29 is 14.2 Å². The lowest BCUT2D eigenvalue weighted by atomic mass is 9.74. The third kappa shape index (κ3) is 7.51. The number of benzene rings is 1. The second-order valence-electron chi connectivity index (χ2n) is 7.70. The molecule has 30 heavy (non-hydrogen) atoms. The summed E-state index contributed by atoms with van der Waals surface area (Å²) in [4.78, 5) is 4.92. The van der Waals surface area contributed by atoms with E-state index in [-0.39, 0.29) is 35.5 Å². The Labute approximate surface area is 202 Å². The van der Waals surface area contributed by atoms with Crippen molar-refractivity contribution >= 4 is 41.5 Å². The highest BCUT2D eigenvalue weighted by Gasteiger charge is 2.36. The SMILES string of the molecule is CCNC(=NCC1(c2ccccc2Cl)CCOCC1)NCCCOC1CCOC1.I. The number of nitrogens with zero attached hydrogens (tertiary/aromatic N) is 1. The molecule has 3 rings (SSSR count). The summed E-state index contributed by atoms with van der Waals surface area (Å²) in [6.45, 7) is 8.18. The van der Waals surface area contributed by atoms with Crippen LogP contribution in [0.15, 0.2) is 29.3 Å². The number of hydrogen-bond donors (Lipinski definition) is 2. The van der Waals surface area contributed by atoms with E-state index in [2.05, 4.69) is 29.7 Å². The Kier molecular flexibility index (Phi) is 11.7. The first-order chi connectivity index (χ1) is 14.2. The fourth-order valence-electron chi connectivity index (χ4n) is 3.91. The molecule has 0 aromatic heterocycles. The number of aliphatic imine (C=N–C) groups is 1. The zero-order valence-corrected chi connectivity index (χ0v) is 20.9. The van der Waals surface area contributed by atoms with Crippen LogP contribution in [0.2, 0.25) is 5.02 Å². The molecule has 2 heterocycles. The lowest BCUT2D eigenvalue weighted by Gasteiger charge is -2.37. The lowest BCUT2D eigenvalue weighted by molar-refractivity contribution is 0.0419. The summed E-state index contributed by atoms with van der Waals surface area (Å²) in [5.41, 5.74) is 1.10. The van der Waals surface area contributed by atoms with Gasteiger partial charge in [0.2, 0.25) is 0 Å². The van der Waals surface area contributed by atoms with Crippen molar-refractivity contribution in [1.82, 2.24) is 10.6 Å². The van der Waals surface area contributed by atoms with E-state index in [1.165, 1.54) is 5.56 Å². The Morgan fingerprint density at radius 2 is 2.00 bits per heavy atom. The predicted molar refractivity (Wildman–Crippen MR) is 132 cm³/mol. The summed E-state index contributed by atoms with van der Waals surface area (Å²) in [5, 5.41) is 7.60. The highest BCUT2D eigenvalue weighted by Crippen LogP contribution is 2.38. The van der Waals surface area contributed by atoms with E-state index < -0.39 is 0 Å². The molecule has 2 aliphatic rings. The van der Waals surface area contributed by atoms with Crippen LogP contribution >= 0.6 is 35.6 Å². The molecule has 8 heteroatoms. The number of hydrogen-bond acceptors (Lipinski definition) is 4. The Balaban J connectivity index is 0.00000320. The lowest BCUT2D eigenvalue weighted by Crippen LogP contribution is -2.41. The fraction of sp³-hybridized carbons (Fsp3) is 0.682. The first-order valence-electron chi connectivity index (χ1n) is 10.8. The molecule has 1 unspecified atom stereocenters. The number of guanidine groups is 1. The Bertz CT molecular complexity index is 650. The van der Waals surface area contributed by atoms with E-state index in [1.54, 1.807) is 0 Å². The quantitative estimate of drug-likeness (QED) is 0.212. The average Bonchev–Trinajstić information content (AvgIpc) is 3.26. The van der Waals surface area contributed by atoms with Gasteiger partial charge in [0.05, 0.1) is 19.3 Å². The molecule has 2 aliphatic heterocycles. The maximum absolute atomic E-state index is 6.55. The van der Waals surface area contributed by atoms with E-state index in [0.29, 0.717) is 6.54 Å². The summed E-state index contributed by atoms with van der Waals surface area (Å²) in [5.74, 6) is 0.842. The second-order valence-corrected chi connectivity index (χ2v) is 8.11. The van der Waals surface area contributed by atoms with Crippen molar-refractivity contribution in [2.24, 2.45) is 4.99 Å². The smallest absolute Gasteiger partial charge is 0.191 e. The highest BCUT2D eigenvalue weighted by atomic mass is 127. The maximum Gasteiger partial charge on any atom is 0.191 e. The van der Waals surface area contributed by atoms with Crippen molar-refractivity contribution in [3.63, 3.8) is 0 Å². The van der Waals surface area contributed by atoms with Crippen LogP contribution in [-0.4, -0.2) is 64.7 Å². The standard InChI is InChI=1S/C22H34ClN3O3.HI/c1-2-24-21(25-11-5-12-29-18-8-13-28-16-18)26-17-22(9-14-27-15-10-22)19-6-3-4-7-20(19)23;/h3-4,6-7,18H,2,5,8-17H2,1H3,(H2,24,25,26);1H. The van der Waals surface area contributed by atoms with E-state index in [9.17, 15) is 0 Å². The van der Waals surface area contributed by atoms with Gasteiger partial charge in [0, 0.05) is 50.0 Å². The summed E-state index contributed by atoms with van der Waals surface area (Å²) in [6, 6.07) is 8.14. The van der Waals surface area contributed by atoms with Crippen LogP contribution < -0.4 is 10.6 Å². The van der Waals surface area contributed by atoms with E-state index in [1.807, 2.05) is 12.1 Å².